The highest BCUT2D eigenvalue weighted by Gasteiger charge is 2.20. The van der Waals surface area contributed by atoms with Crippen molar-refractivity contribution in [3.8, 4) is 5.88 Å². The number of nitrogens with zero attached hydrogens (tertiary/aromatic N) is 3. The third kappa shape index (κ3) is 5.03. The predicted molar refractivity (Wildman–Crippen MR) is 78.5 cm³/mol. The molecule has 108 valence electrons. The number of anilines is 1. The first kappa shape index (κ1) is 15.7. The van der Waals surface area contributed by atoms with E-state index in [0.29, 0.717) is 12.4 Å². The fourth-order valence-corrected chi connectivity index (χ4v) is 1.72. The number of aromatic nitrogens is 2. The lowest BCUT2D eigenvalue weighted by Crippen LogP contribution is -2.39. The summed E-state index contributed by atoms with van der Waals surface area (Å²) in [5.41, 5.74) is 5.84. The first-order chi connectivity index (χ1) is 8.88. The molecule has 0 aliphatic rings. The molecule has 19 heavy (non-hydrogen) atoms. The molecule has 0 aromatic carbocycles. The topological polar surface area (TPSA) is 64.3 Å². The van der Waals surface area contributed by atoms with Crippen LogP contribution >= 0.6 is 0 Å². The van der Waals surface area contributed by atoms with E-state index in [2.05, 4.69) is 35.6 Å². The van der Waals surface area contributed by atoms with E-state index in [1.165, 1.54) is 0 Å². The molecule has 0 atom stereocenters. The van der Waals surface area contributed by atoms with E-state index in [-0.39, 0.29) is 11.5 Å². The second-order valence-electron chi connectivity index (χ2n) is 5.76. The van der Waals surface area contributed by atoms with Crippen molar-refractivity contribution in [3.05, 3.63) is 12.4 Å². The zero-order valence-electron chi connectivity index (χ0n) is 12.7. The SMILES string of the molecule is CCN(CC(C)(C)CN)c1cncc(OC(C)C)n1. The molecule has 0 spiro atoms. The average molecular weight is 266 g/mol. The van der Waals surface area contributed by atoms with Gasteiger partial charge in [0, 0.05) is 13.1 Å². The third-order valence-electron chi connectivity index (χ3n) is 2.83. The largest absolute Gasteiger partial charge is 0.474 e. The van der Waals surface area contributed by atoms with Crippen LogP contribution in [0, 0.1) is 5.41 Å². The minimum Gasteiger partial charge on any atom is -0.474 e. The second kappa shape index (κ2) is 6.70. The van der Waals surface area contributed by atoms with Crippen LogP contribution in [-0.2, 0) is 0 Å². The van der Waals surface area contributed by atoms with Crippen molar-refractivity contribution in [1.29, 1.82) is 0 Å². The number of hydrogen-bond acceptors (Lipinski definition) is 5. The third-order valence-corrected chi connectivity index (χ3v) is 2.83. The lowest BCUT2D eigenvalue weighted by Gasteiger charge is -2.31. The summed E-state index contributed by atoms with van der Waals surface area (Å²) in [5.74, 6) is 1.40. The van der Waals surface area contributed by atoms with Crippen LogP contribution in [0.15, 0.2) is 12.4 Å². The van der Waals surface area contributed by atoms with Crippen molar-refractivity contribution < 1.29 is 4.74 Å². The molecule has 0 saturated carbocycles. The molecule has 0 unspecified atom stereocenters. The molecular formula is C14H26N4O. The molecule has 0 aliphatic carbocycles. The summed E-state index contributed by atoms with van der Waals surface area (Å²) in [5, 5.41) is 0. The molecule has 0 bridgehead atoms. The van der Waals surface area contributed by atoms with Crippen molar-refractivity contribution in [1.82, 2.24) is 9.97 Å². The Bertz CT molecular complexity index is 393. The smallest absolute Gasteiger partial charge is 0.234 e. The Morgan fingerprint density at radius 2 is 2.05 bits per heavy atom. The first-order valence-electron chi connectivity index (χ1n) is 6.81. The molecule has 0 fully saturated rings. The van der Waals surface area contributed by atoms with Gasteiger partial charge in [0.15, 0.2) is 5.82 Å². The second-order valence-corrected chi connectivity index (χ2v) is 5.76. The van der Waals surface area contributed by atoms with E-state index in [1.807, 2.05) is 13.8 Å². The molecule has 5 nitrogen and oxygen atoms in total. The Labute approximate surface area is 116 Å². The van der Waals surface area contributed by atoms with Gasteiger partial charge in [-0.25, -0.2) is 0 Å². The van der Waals surface area contributed by atoms with Crippen molar-refractivity contribution >= 4 is 5.82 Å². The molecule has 0 radical (unpaired) electrons. The minimum atomic E-state index is 0.0482. The fourth-order valence-electron chi connectivity index (χ4n) is 1.72. The summed E-state index contributed by atoms with van der Waals surface area (Å²) < 4.78 is 5.58. The molecule has 0 saturated heterocycles. The van der Waals surface area contributed by atoms with Crippen LogP contribution in [0.2, 0.25) is 0 Å². The van der Waals surface area contributed by atoms with Crippen LogP contribution in [-0.4, -0.2) is 35.7 Å². The molecular weight excluding hydrogens is 240 g/mol. The highest BCUT2D eigenvalue weighted by atomic mass is 16.5. The van der Waals surface area contributed by atoms with Crippen molar-refractivity contribution in [2.75, 3.05) is 24.5 Å². The molecule has 1 rings (SSSR count). The van der Waals surface area contributed by atoms with Crippen LogP contribution in [0.3, 0.4) is 0 Å². The zero-order valence-corrected chi connectivity index (χ0v) is 12.7. The van der Waals surface area contributed by atoms with E-state index < -0.39 is 0 Å². The Morgan fingerprint density at radius 3 is 2.58 bits per heavy atom. The summed E-state index contributed by atoms with van der Waals surface area (Å²) in [4.78, 5) is 10.9. The maximum Gasteiger partial charge on any atom is 0.234 e. The zero-order chi connectivity index (χ0) is 14.5. The van der Waals surface area contributed by atoms with E-state index in [4.69, 9.17) is 10.5 Å². The van der Waals surface area contributed by atoms with Crippen LogP contribution in [0.4, 0.5) is 5.82 Å². The van der Waals surface area contributed by atoms with Gasteiger partial charge in [0.1, 0.15) is 0 Å². The van der Waals surface area contributed by atoms with Crippen LogP contribution in [0.1, 0.15) is 34.6 Å². The first-order valence-corrected chi connectivity index (χ1v) is 6.81. The Kier molecular flexibility index (Phi) is 5.54. The maximum atomic E-state index is 5.80. The predicted octanol–water partition coefficient (Wildman–Crippen LogP) is 2.08. The standard InChI is InChI=1S/C14H26N4O/c1-6-18(10-14(4,5)9-15)12-7-16-8-13(17-12)19-11(2)3/h7-8,11H,6,9-10,15H2,1-5H3. The quantitative estimate of drug-likeness (QED) is 0.818. The summed E-state index contributed by atoms with van der Waals surface area (Å²) >= 11 is 0. The van der Waals surface area contributed by atoms with Crippen LogP contribution < -0.4 is 15.4 Å². The highest BCUT2D eigenvalue weighted by molar-refractivity contribution is 5.37. The number of nitrogens with two attached hydrogens (primary N) is 1. The number of rotatable bonds is 7. The van der Waals surface area contributed by atoms with E-state index >= 15 is 0 Å². The molecule has 1 aromatic heterocycles. The van der Waals surface area contributed by atoms with Crippen molar-refractivity contribution in [2.24, 2.45) is 11.1 Å². The van der Waals surface area contributed by atoms with Gasteiger partial charge in [-0.1, -0.05) is 13.8 Å². The summed E-state index contributed by atoms with van der Waals surface area (Å²) in [7, 11) is 0. The van der Waals surface area contributed by atoms with Crippen molar-refractivity contribution in [3.63, 3.8) is 0 Å². The van der Waals surface area contributed by atoms with Gasteiger partial charge < -0.3 is 15.4 Å². The molecule has 1 heterocycles. The fraction of sp³-hybridized carbons (Fsp3) is 0.714. The molecule has 5 heteroatoms. The van der Waals surface area contributed by atoms with E-state index in [0.717, 1.165) is 18.9 Å². The Hall–Kier alpha value is -1.36. The molecule has 0 amide bonds. The summed E-state index contributed by atoms with van der Waals surface area (Å²) in [6.45, 7) is 12.7. The van der Waals surface area contributed by atoms with Gasteiger partial charge in [-0.05, 0) is 32.7 Å². The molecule has 2 N–H and O–H groups in total. The normalized spacial score (nSPS) is 11.7. The van der Waals surface area contributed by atoms with Gasteiger partial charge in [0.25, 0.3) is 0 Å². The van der Waals surface area contributed by atoms with Crippen LogP contribution in [0.5, 0.6) is 5.88 Å². The molecule has 0 aliphatic heterocycles. The summed E-state index contributed by atoms with van der Waals surface area (Å²) in [6, 6.07) is 0. The van der Waals surface area contributed by atoms with Gasteiger partial charge in [-0.2, -0.15) is 4.98 Å². The van der Waals surface area contributed by atoms with Gasteiger partial charge in [0.2, 0.25) is 5.88 Å². The van der Waals surface area contributed by atoms with Gasteiger partial charge >= 0.3 is 0 Å². The Morgan fingerprint density at radius 1 is 1.37 bits per heavy atom. The van der Waals surface area contributed by atoms with Crippen LogP contribution in [0.25, 0.3) is 0 Å². The van der Waals surface area contributed by atoms with Gasteiger partial charge in [0.05, 0.1) is 18.5 Å². The Balaban J connectivity index is 2.86. The van der Waals surface area contributed by atoms with E-state index in [1.54, 1.807) is 12.4 Å². The van der Waals surface area contributed by atoms with Crippen molar-refractivity contribution in [2.45, 2.75) is 40.7 Å². The minimum absolute atomic E-state index is 0.0482. The van der Waals surface area contributed by atoms with Gasteiger partial charge in [-0.3, -0.25) is 4.98 Å². The average Bonchev–Trinajstić information content (AvgIpc) is 2.35. The lowest BCUT2D eigenvalue weighted by atomic mass is 9.93. The highest BCUT2D eigenvalue weighted by Crippen LogP contribution is 2.20. The maximum absolute atomic E-state index is 5.80. The summed E-state index contributed by atoms with van der Waals surface area (Å²) in [6.07, 6.45) is 3.51. The van der Waals surface area contributed by atoms with E-state index in [9.17, 15) is 0 Å². The molecule has 1 aromatic rings. The van der Waals surface area contributed by atoms with Gasteiger partial charge in [-0.15, -0.1) is 0 Å². The number of hydrogen-bond donors (Lipinski definition) is 1. The monoisotopic (exact) mass is 266 g/mol. The lowest BCUT2D eigenvalue weighted by molar-refractivity contribution is 0.231. The number of ether oxygens (including phenoxy) is 1.